The number of nitrogens with one attached hydrogen (secondary N) is 3. The Morgan fingerprint density at radius 3 is 2.60 bits per heavy atom. The molecule has 0 aliphatic carbocycles. The van der Waals surface area contributed by atoms with Crippen LogP contribution in [-0.4, -0.2) is 76.9 Å². The van der Waals surface area contributed by atoms with E-state index in [4.69, 9.17) is 30.5 Å². The summed E-state index contributed by atoms with van der Waals surface area (Å²) in [6.45, 7) is 1.55. The number of halogens is 3. The van der Waals surface area contributed by atoms with Gasteiger partial charge < -0.3 is 39.7 Å². The smallest absolute Gasteiger partial charge is 0.296 e. The van der Waals surface area contributed by atoms with Crippen LogP contribution in [0.5, 0.6) is 11.8 Å². The number of imidazole rings is 1. The molecule has 3 aromatic rings. The predicted molar refractivity (Wildman–Crippen MR) is 120 cm³/mol. The quantitative estimate of drug-likeness (QED) is 0.377. The fourth-order valence-electron chi connectivity index (χ4n) is 4.29. The van der Waals surface area contributed by atoms with Gasteiger partial charge in [0.2, 0.25) is 0 Å². The molecular weight excluding hydrogens is 488 g/mol. The van der Waals surface area contributed by atoms with Gasteiger partial charge in [-0.3, -0.25) is 0 Å². The van der Waals surface area contributed by atoms with Crippen molar-refractivity contribution in [3.05, 3.63) is 40.4 Å². The Bertz CT molecular complexity index is 1240. The fourth-order valence-corrected chi connectivity index (χ4v) is 4.51. The number of aliphatic hydroxyl groups is 1. The van der Waals surface area contributed by atoms with Gasteiger partial charge in [-0.2, -0.15) is 4.98 Å². The summed E-state index contributed by atoms with van der Waals surface area (Å²) in [6, 6.07) is 4.11. The summed E-state index contributed by atoms with van der Waals surface area (Å²) in [5, 5.41) is 16.0. The van der Waals surface area contributed by atoms with E-state index in [1.54, 1.807) is 6.07 Å². The first-order chi connectivity index (χ1) is 16.9. The molecule has 0 radical (unpaired) electrons. The number of H-pyrrole nitrogens is 1. The van der Waals surface area contributed by atoms with Crippen molar-refractivity contribution in [2.75, 3.05) is 31.6 Å². The molecule has 35 heavy (non-hydrogen) atoms. The molecule has 2 aromatic heterocycles. The number of rotatable bonds is 7. The van der Waals surface area contributed by atoms with Crippen molar-refractivity contribution in [2.45, 2.75) is 37.1 Å². The van der Waals surface area contributed by atoms with Gasteiger partial charge in [-0.1, -0.05) is 11.6 Å². The molecule has 3 saturated heterocycles. The van der Waals surface area contributed by atoms with E-state index in [0.717, 1.165) is 0 Å². The minimum absolute atomic E-state index is 0.0878. The van der Waals surface area contributed by atoms with Crippen LogP contribution in [0, 0.1) is 11.6 Å². The summed E-state index contributed by atoms with van der Waals surface area (Å²) in [4.78, 5) is 11.7. The Labute approximate surface area is 202 Å². The highest BCUT2D eigenvalue weighted by Crippen LogP contribution is 2.31. The molecule has 13 heteroatoms. The third-order valence-corrected chi connectivity index (χ3v) is 6.53. The zero-order valence-corrected chi connectivity index (χ0v) is 19.0. The number of aliphatic hydroxyl groups excluding tert-OH is 1. The molecule has 3 aliphatic rings. The van der Waals surface area contributed by atoms with E-state index >= 15 is 0 Å². The van der Waals surface area contributed by atoms with Crippen molar-refractivity contribution in [3.63, 3.8) is 0 Å². The Kier molecular flexibility index (Phi) is 5.85. The third kappa shape index (κ3) is 4.36. The van der Waals surface area contributed by atoms with Crippen LogP contribution in [0.3, 0.4) is 0 Å². The monoisotopic (exact) mass is 509 g/mol. The topological polar surface area (TPSA) is 123 Å². The Balaban J connectivity index is 1.15. The van der Waals surface area contributed by atoms with Gasteiger partial charge in [0.1, 0.15) is 47.6 Å². The molecule has 6 rings (SSSR count). The Hall–Kier alpha value is -2.77. The number of pyridine rings is 1. The highest BCUT2D eigenvalue weighted by atomic mass is 35.5. The van der Waals surface area contributed by atoms with Crippen LogP contribution in [-0.2, 0) is 16.0 Å². The van der Waals surface area contributed by atoms with E-state index in [1.165, 1.54) is 12.1 Å². The second-order valence-corrected chi connectivity index (χ2v) is 9.08. The molecule has 3 fully saturated rings. The van der Waals surface area contributed by atoms with E-state index in [9.17, 15) is 13.9 Å². The van der Waals surface area contributed by atoms with Gasteiger partial charge in [0.05, 0.1) is 23.8 Å². The van der Waals surface area contributed by atoms with Gasteiger partial charge in [-0.15, -0.1) is 0 Å². The Morgan fingerprint density at radius 1 is 1.09 bits per heavy atom. The van der Waals surface area contributed by atoms with Crippen LogP contribution in [0.2, 0.25) is 5.02 Å². The van der Waals surface area contributed by atoms with Gasteiger partial charge in [0.25, 0.3) is 6.01 Å². The lowest BCUT2D eigenvalue weighted by molar-refractivity contribution is 0.00706. The van der Waals surface area contributed by atoms with Crippen LogP contribution < -0.4 is 20.1 Å². The van der Waals surface area contributed by atoms with E-state index in [-0.39, 0.29) is 60.1 Å². The molecule has 186 valence electrons. The highest BCUT2D eigenvalue weighted by molar-refractivity contribution is 6.33. The molecule has 0 unspecified atom stereocenters. The van der Waals surface area contributed by atoms with Crippen LogP contribution in [0.15, 0.2) is 18.2 Å². The highest BCUT2D eigenvalue weighted by Gasteiger charge is 2.48. The van der Waals surface area contributed by atoms with Gasteiger partial charge in [-0.25, -0.2) is 13.8 Å². The summed E-state index contributed by atoms with van der Waals surface area (Å²) < 4.78 is 51.6. The van der Waals surface area contributed by atoms with E-state index in [0.29, 0.717) is 24.3 Å². The molecule has 0 bridgehead atoms. The maximum atomic E-state index is 14.6. The molecule has 0 spiro atoms. The first-order valence-electron chi connectivity index (χ1n) is 11.2. The largest absolute Gasteiger partial charge is 0.488 e. The molecule has 5 heterocycles. The molecule has 0 saturated carbocycles. The van der Waals surface area contributed by atoms with Crippen LogP contribution >= 0.6 is 11.6 Å². The molecule has 3 aliphatic heterocycles. The summed E-state index contributed by atoms with van der Waals surface area (Å²) in [7, 11) is 0. The molecule has 4 atom stereocenters. The number of aromatic amines is 1. The average molecular weight is 510 g/mol. The number of nitrogens with zero attached hydrogens (tertiary/aromatic N) is 2. The average Bonchev–Trinajstić information content (AvgIpc) is 3.47. The number of fused-ring (bicyclic) bond motifs is 2. The lowest BCUT2D eigenvalue weighted by Gasteiger charge is -2.28. The summed E-state index contributed by atoms with van der Waals surface area (Å²) in [6.07, 6.45) is -2.03. The van der Waals surface area contributed by atoms with Gasteiger partial charge in [0, 0.05) is 37.3 Å². The molecule has 4 N–H and O–H groups in total. The van der Waals surface area contributed by atoms with Crippen LogP contribution in [0.4, 0.5) is 14.6 Å². The summed E-state index contributed by atoms with van der Waals surface area (Å²) >= 11 is 6.33. The first kappa shape index (κ1) is 22.7. The number of anilines is 1. The third-order valence-electron chi connectivity index (χ3n) is 6.24. The molecule has 10 nitrogen and oxygen atoms in total. The van der Waals surface area contributed by atoms with E-state index in [1.807, 2.05) is 0 Å². The Morgan fingerprint density at radius 2 is 1.86 bits per heavy atom. The van der Waals surface area contributed by atoms with Crippen molar-refractivity contribution < 1.29 is 32.8 Å². The number of hydrogen-bond acceptors (Lipinski definition) is 9. The zero-order valence-electron chi connectivity index (χ0n) is 18.3. The first-order valence-corrected chi connectivity index (χ1v) is 11.6. The van der Waals surface area contributed by atoms with Gasteiger partial charge in [0.15, 0.2) is 11.8 Å². The lowest BCUT2D eigenvalue weighted by atomic mass is 10.1. The van der Waals surface area contributed by atoms with Crippen LogP contribution in [0.25, 0.3) is 11.2 Å². The van der Waals surface area contributed by atoms with E-state index < -0.39 is 29.9 Å². The maximum absolute atomic E-state index is 14.6. The SMILES string of the molecule is O[C@@H]1CO[C@H]2[C@@H]1OC[C@H]2Oc1nc2nc(NCc3c(F)cc(OC4CNC4)cc3F)c(Cl)cc2[nH]1. The maximum Gasteiger partial charge on any atom is 0.296 e. The second-order valence-electron chi connectivity index (χ2n) is 8.67. The van der Waals surface area contributed by atoms with Crippen molar-refractivity contribution in [3.8, 4) is 11.8 Å². The van der Waals surface area contributed by atoms with Crippen molar-refractivity contribution in [1.29, 1.82) is 0 Å². The number of benzene rings is 1. The predicted octanol–water partition coefficient (Wildman–Crippen LogP) is 1.76. The summed E-state index contributed by atoms with van der Waals surface area (Å²) in [5.74, 6) is -1.11. The van der Waals surface area contributed by atoms with Crippen molar-refractivity contribution >= 4 is 28.6 Å². The van der Waals surface area contributed by atoms with Crippen molar-refractivity contribution in [1.82, 2.24) is 20.3 Å². The minimum atomic E-state index is -0.733. The molecular formula is C22H22ClF2N5O5. The van der Waals surface area contributed by atoms with Gasteiger partial charge in [-0.05, 0) is 6.07 Å². The molecule has 0 amide bonds. The normalized spacial score (nSPS) is 26.1. The number of ether oxygens (including phenoxy) is 4. The number of hydrogen-bond donors (Lipinski definition) is 4. The zero-order chi connectivity index (χ0) is 24.1. The standard InChI is InChI=1S/C22H22ClF2N5O5/c23-12-3-15-21(30-22(28-15)35-17-8-33-18-16(31)7-32-19(17)18)29-20(12)27-6-11-13(24)1-9(2-14(11)25)34-10-4-26-5-10/h1-3,10,16-19,26,31H,4-8H2,(H2,27,28,29,30)/t16-,17-,18-,19-/m1/s1. The molecule has 1 aromatic carbocycles. The van der Waals surface area contributed by atoms with Gasteiger partial charge >= 0.3 is 0 Å². The lowest BCUT2D eigenvalue weighted by Crippen LogP contribution is -2.50. The van der Waals surface area contributed by atoms with Crippen LogP contribution in [0.1, 0.15) is 5.56 Å². The number of aromatic nitrogens is 3. The fraction of sp³-hybridized carbons (Fsp3) is 0.455. The minimum Gasteiger partial charge on any atom is -0.488 e. The van der Waals surface area contributed by atoms with Crippen molar-refractivity contribution in [2.24, 2.45) is 0 Å². The summed E-state index contributed by atoms with van der Waals surface area (Å²) in [5.41, 5.74) is 0.652. The van der Waals surface area contributed by atoms with E-state index in [2.05, 4.69) is 25.6 Å². The second kappa shape index (κ2) is 9.03.